The SMILES string of the molecule is C=C/C(C(=C)N(C)C(/C=N\C)=C(/C)c1cccc(Br)c1)=C1/N=CC=CN1C. The van der Waals surface area contributed by atoms with Crippen LogP contribution in [0.5, 0.6) is 0 Å². The van der Waals surface area contributed by atoms with Gasteiger partial charge in [0.15, 0.2) is 0 Å². The third-order valence-corrected chi connectivity index (χ3v) is 4.84. The van der Waals surface area contributed by atoms with Crippen molar-refractivity contribution in [1.82, 2.24) is 9.80 Å². The average Bonchev–Trinajstić information content (AvgIpc) is 2.67. The Hall–Kier alpha value is -2.66. The Kier molecular flexibility index (Phi) is 7.13. The fourth-order valence-corrected chi connectivity index (χ4v) is 3.19. The summed E-state index contributed by atoms with van der Waals surface area (Å²) in [6, 6.07) is 8.20. The van der Waals surface area contributed by atoms with Crippen molar-refractivity contribution in [2.75, 3.05) is 21.1 Å². The summed E-state index contributed by atoms with van der Waals surface area (Å²) < 4.78 is 1.03. The quantitative estimate of drug-likeness (QED) is 0.583. The molecule has 0 aliphatic carbocycles. The summed E-state index contributed by atoms with van der Waals surface area (Å²) in [7, 11) is 5.70. The Morgan fingerprint density at radius 3 is 2.70 bits per heavy atom. The minimum Gasteiger partial charge on any atom is -0.343 e. The van der Waals surface area contributed by atoms with Gasteiger partial charge in [0.1, 0.15) is 5.82 Å². The zero-order valence-corrected chi connectivity index (χ0v) is 17.9. The molecule has 1 heterocycles. The van der Waals surface area contributed by atoms with Crippen LogP contribution in [0.25, 0.3) is 5.57 Å². The van der Waals surface area contributed by atoms with Gasteiger partial charge in [-0.05, 0) is 36.3 Å². The molecule has 1 aliphatic heterocycles. The summed E-state index contributed by atoms with van der Waals surface area (Å²) in [5.41, 5.74) is 4.83. The fraction of sp³-hybridized carbons (Fsp3) is 0.182. The highest BCUT2D eigenvalue weighted by atomic mass is 79.9. The number of hydrogen-bond donors (Lipinski definition) is 0. The maximum Gasteiger partial charge on any atom is 0.141 e. The van der Waals surface area contributed by atoms with Gasteiger partial charge in [0, 0.05) is 55.5 Å². The Bertz CT molecular complexity index is 887. The van der Waals surface area contributed by atoms with E-state index in [1.54, 1.807) is 19.3 Å². The molecule has 0 aromatic heterocycles. The van der Waals surface area contributed by atoms with E-state index in [1.165, 1.54) is 0 Å². The maximum atomic E-state index is 4.48. The van der Waals surface area contributed by atoms with Gasteiger partial charge in [-0.1, -0.05) is 47.3 Å². The molecule has 0 bridgehead atoms. The third-order valence-electron chi connectivity index (χ3n) is 4.34. The lowest BCUT2D eigenvalue weighted by Crippen LogP contribution is -2.22. The summed E-state index contributed by atoms with van der Waals surface area (Å²) in [5, 5.41) is 0. The van der Waals surface area contributed by atoms with Crippen molar-refractivity contribution in [2.45, 2.75) is 6.92 Å². The van der Waals surface area contributed by atoms with Gasteiger partial charge in [0.25, 0.3) is 0 Å². The first-order chi connectivity index (χ1) is 12.9. The Morgan fingerprint density at radius 1 is 1.37 bits per heavy atom. The van der Waals surface area contributed by atoms with E-state index in [0.717, 1.165) is 38.4 Å². The molecule has 1 aromatic rings. The maximum absolute atomic E-state index is 4.48. The molecule has 0 radical (unpaired) electrons. The standard InChI is InChI=1S/C22H25BrN4/c1-7-20(22-25-12-9-13-26(22)5)17(3)27(6)21(15-24-4)16(2)18-10-8-11-19(23)14-18/h7-15H,1,3H2,2,4-6H3/b21-16-,22-20+,24-15-. The highest BCUT2D eigenvalue weighted by molar-refractivity contribution is 9.10. The molecule has 0 amide bonds. The molecule has 0 fully saturated rings. The molecule has 0 spiro atoms. The predicted octanol–water partition coefficient (Wildman–Crippen LogP) is 5.25. The Labute approximate surface area is 170 Å². The number of nitrogens with zero attached hydrogens (tertiary/aromatic N) is 4. The van der Waals surface area contributed by atoms with Crippen molar-refractivity contribution in [2.24, 2.45) is 9.98 Å². The van der Waals surface area contributed by atoms with Crippen LogP contribution in [0.15, 0.2) is 93.0 Å². The smallest absolute Gasteiger partial charge is 0.141 e. The molecule has 27 heavy (non-hydrogen) atoms. The minimum absolute atomic E-state index is 0.795. The van der Waals surface area contributed by atoms with Crippen molar-refractivity contribution in [3.8, 4) is 0 Å². The first-order valence-corrected chi connectivity index (χ1v) is 9.32. The highest BCUT2D eigenvalue weighted by Gasteiger charge is 2.18. The van der Waals surface area contributed by atoms with E-state index in [4.69, 9.17) is 0 Å². The predicted molar refractivity (Wildman–Crippen MR) is 121 cm³/mol. The summed E-state index contributed by atoms with van der Waals surface area (Å²) in [6.45, 7) is 10.3. The third kappa shape index (κ3) is 4.74. The molecule has 0 atom stereocenters. The summed E-state index contributed by atoms with van der Waals surface area (Å²) >= 11 is 3.54. The van der Waals surface area contributed by atoms with Crippen LogP contribution in [-0.2, 0) is 0 Å². The second-order valence-electron chi connectivity index (χ2n) is 6.09. The molecule has 1 aromatic carbocycles. The van der Waals surface area contributed by atoms with Crippen molar-refractivity contribution in [3.63, 3.8) is 0 Å². The number of halogens is 1. The average molecular weight is 425 g/mol. The van der Waals surface area contributed by atoms with E-state index in [0.29, 0.717) is 0 Å². The molecular weight excluding hydrogens is 400 g/mol. The molecule has 0 unspecified atom stereocenters. The number of aliphatic imine (C=N–C) groups is 2. The van der Waals surface area contributed by atoms with Crippen molar-refractivity contribution >= 4 is 33.9 Å². The Balaban J connectivity index is 2.51. The second kappa shape index (κ2) is 9.33. The van der Waals surface area contributed by atoms with E-state index >= 15 is 0 Å². The van der Waals surface area contributed by atoms with E-state index in [9.17, 15) is 0 Å². The highest BCUT2D eigenvalue weighted by Crippen LogP contribution is 2.28. The van der Waals surface area contributed by atoms with Crippen molar-refractivity contribution < 1.29 is 0 Å². The second-order valence-corrected chi connectivity index (χ2v) is 7.00. The lowest BCUT2D eigenvalue weighted by molar-refractivity contribution is 0.528. The van der Waals surface area contributed by atoms with Gasteiger partial charge in [-0.3, -0.25) is 4.99 Å². The number of likely N-dealkylation sites (N-methyl/N-ethyl adjacent to an activating group) is 1. The van der Waals surface area contributed by atoms with Gasteiger partial charge in [-0.25, -0.2) is 4.99 Å². The van der Waals surface area contributed by atoms with Crippen LogP contribution < -0.4 is 0 Å². The summed E-state index contributed by atoms with van der Waals surface area (Å²) in [5.74, 6) is 0.803. The van der Waals surface area contributed by atoms with Gasteiger partial charge in [0.05, 0.1) is 5.70 Å². The van der Waals surface area contributed by atoms with Gasteiger partial charge in [0.2, 0.25) is 0 Å². The number of allylic oxidation sites excluding steroid dienone is 4. The molecule has 0 saturated heterocycles. The van der Waals surface area contributed by atoms with Gasteiger partial charge < -0.3 is 9.80 Å². The summed E-state index contributed by atoms with van der Waals surface area (Å²) in [4.78, 5) is 12.7. The molecular formula is C22H25BrN4. The first kappa shape index (κ1) is 20.6. The topological polar surface area (TPSA) is 31.2 Å². The molecule has 1 aliphatic rings. The summed E-state index contributed by atoms with van der Waals surface area (Å²) in [6.07, 6.45) is 9.25. The van der Waals surface area contributed by atoms with E-state index in [1.807, 2.05) is 54.5 Å². The van der Waals surface area contributed by atoms with E-state index in [2.05, 4.69) is 58.1 Å². The number of rotatable bonds is 6. The lowest BCUT2D eigenvalue weighted by atomic mass is 10.0. The van der Waals surface area contributed by atoms with Crippen LogP contribution in [0, 0.1) is 0 Å². The molecule has 140 valence electrons. The van der Waals surface area contributed by atoms with Crippen molar-refractivity contribution in [3.05, 3.63) is 88.6 Å². The molecule has 0 N–H and O–H groups in total. The van der Waals surface area contributed by atoms with Crippen LogP contribution >= 0.6 is 15.9 Å². The van der Waals surface area contributed by atoms with Gasteiger partial charge >= 0.3 is 0 Å². The lowest BCUT2D eigenvalue weighted by Gasteiger charge is -2.28. The van der Waals surface area contributed by atoms with Gasteiger partial charge in [-0.2, -0.15) is 0 Å². The normalized spacial score (nSPS) is 16.4. The molecule has 2 rings (SSSR count). The fourth-order valence-electron chi connectivity index (χ4n) is 2.79. The van der Waals surface area contributed by atoms with Crippen molar-refractivity contribution in [1.29, 1.82) is 0 Å². The molecule has 5 heteroatoms. The van der Waals surface area contributed by atoms with Crippen LogP contribution in [0.4, 0.5) is 0 Å². The van der Waals surface area contributed by atoms with Gasteiger partial charge in [-0.15, -0.1) is 0 Å². The molecule has 0 saturated carbocycles. The van der Waals surface area contributed by atoms with Crippen LogP contribution in [0.1, 0.15) is 12.5 Å². The number of hydrogen-bond acceptors (Lipinski definition) is 4. The van der Waals surface area contributed by atoms with E-state index in [-0.39, 0.29) is 0 Å². The van der Waals surface area contributed by atoms with E-state index < -0.39 is 0 Å². The monoisotopic (exact) mass is 424 g/mol. The largest absolute Gasteiger partial charge is 0.343 e. The van der Waals surface area contributed by atoms with Crippen LogP contribution in [0.3, 0.4) is 0 Å². The van der Waals surface area contributed by atoms with Crippen LogP contribution in [0.2, 0.25) is 0 Å². The van der Waals surface area contributed by atoms with Crippen LogP contribution in [-0.4, -0.2) is 43.4 Å². The minimum atomic E-state index is 0.795. The molecule has 4 nitrogen and oxygen atoms in total. The zero-order chi connectivity index (χ0) is 20.0. The zero-order valence-electron chi connectivity index (χ0n) is 16.3. The Morgan fingerprint density at radius 2 is 2.11 bits per heavy atom. The number of benzene rings is 1. The first-order valence-electron chi connectivity index (χ1n) is 8.53.